The van der Waals surface area contributed by atoms with Crippen molar-refractivity contribution in [3.63, 3.8) is 0 Å². The van der Waals surface area contributed by atoms with Gasteiger partial charge < -0.3 is 9.73 Å². The third kappa shape index (κ3) is 5.59. The molecular weight excluding hydrogens is 256 g/mol. The minimum atomic E-state index is 0.500. The highest BCUT2D eigenvalue weighted by Gasteiger charge is 2.16. The number of furan rings is 1. The van der Waals surface area contributed by atoms with Crippen molar-refractivity contribution in [1.82, 2.24) is 10.2 Å². The molecule has 0 radical (unpaired) electrons. The smallest absolute Gasteiger partial charge is 0.122 e. The highest BCUT2D eigenvalue weighted by atomic mass is 32.2. The molecule has 0 aromatic carbocycles. The maximum absolute atomic E-state index is 5.65. The van der Waals surface area contributed by atoms with Crippen LogP contribution < -0.4 is 5.32 Å². The normalized spacial score (nSPS) is 13.4. The Bertz CT molecular complexity index is 352. The van der Waals surface area contributed by atoms with Crippen LogP contribution in [0.1, 0.15) is 38.5 Å². The number of nitrogens with one attached hydrogen (secondary N) is 1. The molecule has 1 atom stereocenters. The van der Waals surface area contributed by atoms with Gasteiger partial charge in [-0.2, -0.15) is 11.8 Å². The van der Waals surface area contributed by atoms with E-state index in [9.17, 15) is 0 Å². The second kappa shape index (κ2) is 8.67. The Morgan fingerprint density at radius 1 is 1.42 bits per heavy atom. The van der Waals surface area contributed by atoms with Crippen LogP contribution in [0.15, 0.2) is 16.7 Å². The van der Waals surface area contributed by atoms with Gasteiger partial charge in [0, 0.05) is 29.9 Å². The second-order valence-corrected chi connectivity index (χ2v) is 6.25. The van der Waals surface area contributed by atoms with Crippen molar-refractivity contribution in [3.8, 4) is 0 Å². The highest BCUT2D eigenvalue weighted by molar-refractivity contribution is 7.98. The van der Waals surface area contributed by atoms with Crippen LogP contribution in [0.2, 0.25) is 0 Å². The van der Waals surface area contributed by atoms with Gasteiger partial charge in [0.1, 0.15) is 5.76 Å². The van der Waals surface area contributed by atoms with Crippen LogP contribution in [0.4, 0.5) is 0 Å². The molecule has 1 N–H and O–H groups in total. The quantitative estimate of drug-likeness (QED) is 0.753. The number of hydrogen-bond acceptors (Lipinski definition) is 4. The SMILES string of the molecule is CCC(CSC)N(C)Cc1occc1CNC(C)C. The number of nitrogens with zero attached hydrogens (tertiary/aromatic N) is 1. The van der Waals surface area contributed by atoms with Crippen molar-refractivity contribution in [2.45, 2.75) is 52.4 Å². The van der Waals surface area contributed by atoms with E-state index in [1.54, 1.807) is 6.26 Å². The summed E-state index contributed by atoms with van der Waals surface area (Å²) >= 11 is 1.91. The van der Waals surface area contributed by atoms with Gasteiger partial charge in [-0.05, 0) is 25.8 Å². The molecule has 0 aliphatic rings. The summed E-state index contributed by atoms with van der Waals surface area (Å²) in [7, 11) is 2.19. The maximum Gasteiger partial charge on any atom is 0.122 e. The largest absolute Gasteiger partial charge is 0.468 e. The van der Waals surface area contributed by atoms with Crippen molar-refractivity contribution in [2.24, 2.45) is 0 Å². The van der Waals surface area contributed by atoms with Gasteiger partial charge >= 0.3 is 0 Å². The van der Waals surface area contributed by atoms with E-state index in [-0.39, 0.29) is 0 Å². The second-order valence-electron chi connectivity index (χ2n) is 5.34. The van der Waals surface area contributed by atoms with Crippen LogP contribution in [0.5, 0.6) is 0 Å². The molecule has 1 heterocycles. The van der Waals surface area contributed by atoms with Crippen LogP contribution in [-0.2, 0) is 13.1 Å². The van der Waals surface area contributed by atoms with Gasteiger partial charge in [-0.25, -0.2) is 0 Å². The molecule has 0 saturated carbocycles. The van der Waals surface area contributed by atoms with Gasteiger partial charge in [0.2, 0.25) is 0 Å². The van der Waals surface area contributed by atoms with Gasteiger partial charge in [-0.1, -0.05) is 20.8 Å². The summed E-state index contributed by atoms with van der Waals surface area (Å²) in [6.07, 6.45) is 5.15. The first kappa shape index (κ1) is 16.6. The third-order valence-electron chi connectivity index (χ3n) is 3.39. The minimum Gasteiger partial charge on any atom is -0.468 e. The van der Waals surface area contributed by atoms with Crippen molar-refractivity contribution in [3.05, 3.63) is 23.7 Å². The number of rotatable bonds is 9. The summed E-state index contributed by atoms with van der Waals surface area (Å²) in [6.45, 7) is 8.35. The average Bonchev–Trinajstić information content (AvgIpc) is 2.80. The molecule has 1 rings (SSSR count). The highest BCUT2D eigenvalue weighted by Crippen LogP contribution is 2.16. The molecule has 0 bridgehead atoms. The zero-order chi connectivity index (χ0) is 14.3. The Kier molecular flexibility index (Phi) is 7.57. The summed E-state index contributed by atoms with van der Waals surface area (Å²) in [5.41, 5.74) is 1.28. The lowest BCUT2D eigenvalue weighted by molar-refractivity contribution is 0.227. The van der Waals surface area contributed by atoms with Crippen molar-refractivity contribution < 1.29 is 4.42 Å². The van der Waals surface area contributed by atoms with E-state index < -0.39 is 0 Å². The van der Waals surface area contributed by atoms with Gasteiger partial charge in [0.25, 0.3) is 0 Å². The fourth-order valence-corrected chi connectivity index (χ4v) is 2.96. The molecule has 1 unspecified atom stereocenters. The monoisotopic (exact) mass is 284 g/mol. The van der Waals surface area contributed by atoms with E-state index in [2.05, 4.69) is 50.4 Å². The summed E-state index contributed by atoms with van der Waals surface area (Å²) in [5, 5.41) is 3.45. The van der Waals surface area contributed by atoms with Gasteiger partial charge in [-0.15, -0.1) is 0 Å². The first-order valence-corrected chi connectivity index (χ1v) is 8.45. The Morgan fingerprint density at radius 3 is 2.74 bits per heavy atom. The summed E-state index contributed by atoms with van der Waals surface area (Å²) in [6, 6.07) is 3.19. The first-order chi connectivity index (χ1) is 9.08. The fourth-order valence-electron chi connectivity index (χ4n) is 2.08. The average molecular weight is 284 g/mol. The van der Waals surface area contributed by atoms with Gasteiger partial charge in [-0.3, -0.25) is 4.90 Å². The standard InChI is InChI=1S/C15H28N2OS/c1-6-14(11-19-5)17(4)10-15-13(7-8-18-15)9-16-12(2)3/h7-8,12,14,16H,6,9-11H2,1-5H3. The zero-order valence-electron chi connectivity index (χ0n) is 12.9. The molecule has 0 amide bonds. The zero-order valence-corrected chi connectivity index (χ0v) is 13.7. The Labute approximate surface area is 122 Å². The lowest BCUT2D eigenvalue weighted by Crippen LogP contribution is -2.33. The van der Waals surface area contributed by atoms with Gasteiger partial charge in [0.15, 0.2) is 0 Å². The molecule has 110 valence electrons. The van der Waals surface area contributed by atoms with Crippen LogP contribution in [0.25, 0.3) is 0 Å². The van der Waals surface area contributed by atoms with Crippen LogP contribution in [-0.4, -0.2) is 36.0 Å². The molecule has 4 heteroatoms. The molecule has 0 aliphatic carbocycles. The first-order valence-electron chi connectivity index (χ1n) is 7.06. The van der Waals surface area contributed by atoms with E-state index in [0.717, 1.165) is 18.8 Å². The molecule has 1 aromatic rings. The molecule has 3 nitrogen and oxygen atoms in total. The molecule has 0 aliphatic heterocycles. The molecule has 0 spiro atoms. The predicted octanol–water partition coefficient (Wildman–Crippen LogP) is 3.35. The minimum absolute atomic E-state index is 0.500. The predicted molar refractivity (Wildman–Crippen MR) is 84.6 cm³/mol. The molecule has 1 aromatic heterocycles. The topological polar surface area (TPSA) is 28.4 Å². The lowest BCUT2D eigenvalue weighted by Gasteiger charge is -2.26. The Morgan fingerprint density at radius 2 is 2.16 bits per heavy atom. The fraction of sp³-hybridized carbons (Fsp3) is 0.733. The molecule has 19 heavy (non-hydrogen) atoms. The Hall–Kier alpha value is -0.450. The summed E-state index contributed by atoms with van der Waals surface area (Å²) in [5.74, 6) is 2.27. The van der Waals surface area contributed by atoms with Crippen molar-refractivity contribution in [2.75, 3.05) is 19.1 Å². The van der Waals surface area contributed by atoms with Crippen LogP contribution in [0.3, 0.4) is 0 Å². The third-order valence-corrected chi connectivity index (χ3v) is 4.10. The number of hydrogen-bond donors (Lipinski definition) is 1. The van der Waals surface area contributed by atoms with E-state index in [4.69, 9.17) is 4.42 Å². The van der Waals surface area contributed by atoms with E-state index in [0.29, 0.717) is 12.1 Å². The van der Waals surface area contributed by atoms with Crippen molar-refractivity contribution in [1.29, 1.82) is 0 Å². The number of thioether (sulfide) groups is 1. The van der Waals surface area contributed by atoms with Gasteiger partial charge in [0.05, 0.1) is 12.8 Å². The molecular formula is C15H28N2OS. The molecule has 0 saturated heterocycles. The van der Waals surface area contributed by atoms with Crippen LogP contribution in [0, 0.1) is 0 Å². The van der Waals surface area contributed by atoms with Crippen LogP contribution >= 0.6 is 11.8 Å². The summed E-state index contributed by atoms with van der Waals surface area (Å²) in [4.78, 5) is 2.40. The lowest BCUT2D eigenvalue weighted by atomic mass is 10.2. The Balaban J connectivity index is 2.58. The summed E-state index contributed by atoms with van der Waals surface area (Å²) < 4.78 is 5.65. The molecule has 0 fully saturated rings. The van der Waals surface area contributed by atoms with Crippen molar-refractivity contribution >= 4 is 11.8 Å². The maximum atomic E-state index is 5.65. The van der Waals surface area contributed by atoms with E-state index in [1.807, 2.05) is 11.8 Å². The van der Waals surface area contributed by atoms with E-state index in [1.165, 1.54) is 17.7 Å². The van der Waals surface area contributed by atoms with E-state index >= 15 is 0 Å².